The third-order valence-corrected chi connectivity index (χ3v) is 6.04. The Morgan fingerprint density at radius 2 is 2.00 bits per heavy atom. The quantitative estimate of drug-likeness (QED) is 0.308. The number of carbonyl (C=O) groups is 2. The third-order valence-electron chi connectivity index (χ3n) is 5.27. The lowest BCUT2D eigenvalue weighted by molar-refractivity contribution is -0.117. The first-order valence-electron chi connectivity index (χ1n) is 11.0. The zero-order valence-electron chi connectivity index (χ0n) is 19.1. The van der Waals surface area contributed by atoms with Gasteiger partial charge in [-0.25, -0.2) is 4.98 Å². The number of carbonyl (C=O) groups excluding carboxylic acids is 2. The Hall–Kier alpha value is -4.17. The summed E-state index contributed by atoms with van der Waals surface area (Å²) in [4.78, 5) is 32.0. The smallest absolute Gasteiger partial charge is 0.296 e. The molecule has 0 aliphatic carbocycles. The van der Waals surface area contributed by atoms with Gasteiger partial charge < -0.3 is 14.6 Å². The number of benzene rings is 2. The van der Waals surface area contributed by atoms with Crippen LogP contribution in [0.15, 0.2) is 90.2 Å². The van der Waals surface area contributed by atoms with E-state index in [0.717, 1.165) is 5.56 Å². The van der Waals surface area contributed by atoms with Gasteiger partial charge in [-0.3, -0.25) is 14.5 Å². The number of aliphatic hydroxyl groups is 1. The third kappa shape index (κ3) is 5.02. The summed E-state index contributed by atoms with van der Waals surface area (Å²) in [7, 11) is 0. The fourth-order valence-electron chi connectivity index (χ4n) is 3.76. The number of thiazole rings is 1. The van der Waals surface area contributed by atoms with Gasteiger partial charge in [0, 0.05) is 11.6 Å². The molecule has 0 spiro atoms. The van der Waals surface area contributed by atoms with Crippen molar-refractivity contribution in [1.82, 2.24) is 4.98 Å². The van der Waals surface area contributed by atoms with Crippen LogP contribution in [0.25, 0.3) is 6.08 Å². The molecule has 0 saturated heterocycles. The van der Waals surface area contributed by atoms with Crippen molar-refractivity contribution in [3.63, 3.8) is 0 Å². The van der Waals surface area contributed by atoms with Crippen LogP contribution in [0.3, 0.4) is 0 Å². The first-order chi connectivity index (χ1) is 17.0. The van der Waals surface area contributed by atoms with E-state index in [1.165, 1.54) is 22.3 Å². The van der Waals surface area contributed by atoms with Crippen molar-refractivity contribution < 1.29 is 24.2 Å². The minimum atomic E-state index is -0.894. The summed E-state index contributed by atoms with van der Waals surface area (Å²) in [6.07, 6.45) is 6.19. The lowest BCUT2D eigenvalue weighted by Crippen LogP contribution is -2.30. The second-order valence-corrected chi connectivity index (χ2v) is 8.37. The van der Waals surface area contributed by atoms with Crippen molar-refractivity contribution >= 4 is 34.2 Å². The Morgan fingerprint density at radius 3 is 2.69 bits per heavy atom. The van der Waals surface area contributed by atoms with Gasteiger partial charge in [0.1, 0.15) is 6.61 Å². The number of nitrogens with zero attached hydrogens (tertiary/aromatic N) is 2. The van der Waals surface area contributed by atoms with E-state index in [2.05, 4.69) is 11.6 Å². The van der Waals surface area contributed by atoms with Gasteiger partial charge in [-0.05, 0) is 36.3 Å². The van der Waals surface area contributed by atoms with Crippen LogP contribution in [0, 0.1) is 0 Å². The zero-order chi connectivity index (χ0) is 24.8. The number of hydrogen-bond acceptors (Lipinski definition) is 7. The van der Waals surface area contributed by atoms with Crippen molar-refractivity contribution in [2.45, 2.75) is 13.0 Å². The molecule has 1 N–H and O–H groups in total. The van der Waals surface area contributed by atoms with Crippen molar-refractivity contribution in [2.75, 3.05) is 18.1 Å². The highest BCUT2D eigenvalue weighted by atomic mass is 32.1. The van der Waals surface area contributed by atoms with Gasteiger partial charge in [0.2, 0.25) is 0 Å². The number of ketones is 1. The molecule has 4 rings (SSSR count). The second-order valence-electron chi connectivity index (χ2n) is 7.50. The molecular formula is C27H24N2O5S. The number of allylic oxidation sites excluding steroid dienone is 1. The first kappa shape index (κ1) is 24.0. The summed E-state index contributed by atoms with van der Waals surface area (Å²) in [6.45, 7) is 6.19. The van der Waals surface area contributed by atoms with Gasteiger partial charge in [-0.1, -0.05) is 55.1 Å². The number of aliphatic hydroxyl groups excluding tert-OH is 1. The molecule has 7 nitrogen and oxygen atoms in total. The van der Waals surface area contributed by atoms with E-state index in [9.17, 15) is 14.7 Å². The summed E-state index contributed by atoms with van der Waals surface area (Å²) in [6, 6.07) is 13.6. The summed E-state index contributed by atoms with van der Waals surface area (Å²) in [5, 5.41) is 12.9. The monoisotopic (exact) mass is 488 g/mol. The predicted octanol–water partition coefficient (Wildman–Crippen LogP) is 5.29. The van der Waals surface area contributed by atoms with Gasteiger partial charge in [0.25, 0.3) is 5.91 Å². The minimum Gasteiger partial charge on any atom is -0.503 e. The van der Waals surface area contributed by atoms with Crippen LogP contribution in [0.1, 0.15) is 24.1 Å². The maximum Gasteiger partial charge on any atom is 0.296 e. The number of rotatable bonds is 10. The Kier molecular flexibility index (Phi) is 7.42. The van der Waals surface area contributed by atoms with E-state index in [-0.39, 0.29) is 5.57 Å². The summed E-state index contributed by atoms with van der Waals surface area (Å²) < 4.78 is 11.4. The predicted molar refractivity (Wildman–Crippen MR) is 136 cm³/mol. The van der Waals surface area contributed by atoms with E-state index >= 15 is 0 Å². The molecule has 1 amide bonds. The standard InChI is InChI=1S/C27H24N2O5S/c1-3-15-34-21-13-11-19(17-22(21)33-4-2)24-23(20(30)12-10-18-8-6-5-7-9-18)25(31)26(32)29(24)27-28-14-16-35-27/h3,5-14,16-17,24,31H,1,4,15H2,2H3. The van der Waals surface area contributed by atoms with Crippen molar-refractivity contribution in [3.8, 4) is 11.5 Å². The van der Waals surface area contributed by atoms with Crippen LogP contribution in [0.4, 0.5) is 5.13 Å². The number of anilines is 1. The van der Waals surface area contributed by atoms with Crippen LogP contribution in [0.5, 0.6) is 11.5 Å². The number of amides is 1. The van der Waals surface area contributed by atoms with Crippen LogP contribution in [-0.4, -0.2) is 35.0 Å². The maximum absolute atomic E-state index is 13.3. The molecule has 1 aliphatic rings. The summed E-state index contributed by atoms with van der Waals surface area (Å²) in [5.74, 6) is -0.806. The summed E-state index contributed by atoms with van der Waals surface area (Å²) in [5.41, 5.74) is 1.36. The molecule has 8 heteroatoms. The molecule has 3 aromatic rings. The van der Waals surface area contributed by atoms with Crippen LogP contribution in [-0.2, 0) is 9.59 Å². The Balaban J connectivity index is 1.78. The van der Waals surface area contributed by atoms with Gasteiger partial charge in [0.05, 0.1) is 18.2 Å². The molecule has 0 saturated carbocycles. The average molecular weight is 489 g/mol. The second kappa shape index (κ2) is 10.8. The fourth-order valence-corrected chi connectivity index (χ4v) is 4.43. The number of hydrogen-bond donors (Lipinski definition) is 1. The van der Waals surface area contributed by atoms with E-state index in [1.54, 1.807) is 41.9 Å². The molecule has 0 fully saturated rings. The Labute approximate surface area is 207 Å². The molecule has 2 aromatic carbocycles. The van der Waals surface area contributed by atoms with Crippen LogP contribution >= 0.6 is 11.3 Å². The topological polar surface area (TPSA) is 89.0 Å². The lowest BCUT2D eigenvalue weighted by atomic mass is 9.95. The molecule has 178 valence electrons. The highest BCUT2D eigenvalue weighted by Crippen LogP contribution is 2.43. The van der Waals surface area contributed by atoms with E-state index in [4.69, 9.17) is 9.47 Å². The highest BCUT2D eigenvalue weighted by molar-refractivity contribution is 7.13. The van der Waals surface area contributed by atoms with E-state index in [1.807, 2.05) is 37.3 Å². The molecule has 1 atom stereocenters. The van der Waals surface area contributed by atoms with Crippen LogP contribution < -0.4 is 14.4 Å². The molecule has 0 bridgehead atoms. The molecule has 1 unspecified atom stereocenters. The van der Waals surface area contributed by atoms with E-state index < -0.39 is 23.5 Å². The largest absolute Gasteiger partial charge is 0.503 e. The molecule has 2 heterocycles. The van der Waals surface area contributed by atoms with Crippen molar-refractivity contribution in [3.05, 3.63) is 101 Å². The number of ether oxygens (including phenoxy) is 2. The molecule has 35 heavy (non-hydrogen) atoms. The van der Waals surface area contributed by atoms with Crippen LogP contribution in [0.2, 0.25) is 0 Å². The Bertz CT molecular complexity index is 1280. The van der Waals surface area contributed by atoms with Gasteiger partial charge in [-0.2, -0.15) is 0 Å². The molecule has 0 radical (unpaired) electrons. The Morgan fingerprint density at radius 1 is 1.20 bits per heavy atom. The first-order valence-corrected chi connectivity index (χ1v) is 11.9. The van der Waals surface area contributed by atoms with Crippen molar-refractivity contribution in [1.29, 1.82) is 0 Å². The normalized spacial score (nSPS) is 15.6. The maximum atomic E-state index is 13.3. The zero-order valence-corrected chi connectivity index (χ0v) is 19.9. The van der Waals surface area contributed by atoms with Gasteiger partial charge in [-0.15, -0.1) is 11.3 Å². The summed E-state index contributed by atoms with van der Waals surface area (Å²) >= 11 is 1.24. The number of aromatic nitrogens is 1. The van der Waals surface area contributed by atoms with E-state index in [0.29, 0.717) is 35.4 Å². The molecule has 1 aliphatic heterocycles. The van der Waals surface area contributed by atoms with Gasteiger partial charge >= 0.3 is 0 Å². The highest BCUT2D eigenvalue weighted by Gasteiger charge is 2.45. The van der Waals surface area contributed by atoms with Gasteiger partial charge in [0.15, 0.2) is 28.2 Å². The lowest BCUT2D eigenvalue weighted by Gasteiger charge is -2.25. The SMILES string of the molecule is C=CCOc1ccc(C2C(C(=O)C=Cc3ccccc3)=C(O)C(=O)N2c2nccs2)cc1OCC. The fraction of sp³-hybridized carbons (Fsp3) is 0.148. The van der Waals surface area contributed by atoms with Crippen molar-refractivity contribution in [2.24, 2.45) is 0 Å². The molecule has 1 aromatic heterocycles. The minimum absolute atomic E-state index is 0.0282. The average Bonchev–Trinajstić information content (AvgIpc) is 3.49. The molecular weight excluding hydrogens is 464 g/mol.